The summed E-state index contributed by atoms with van der Waals surface area (Å²) in [6.07, 6.45) is 1.34. The van der Waals surface area contributed by atoms with Crippen molar-refractivity contribution < 1.29 is 19.6 Å². The van der Waals surface area contributed by atoms with Crippen LogP contribution in [0.5, 0.6) is 0 Å². The number of carbonyl (C=O) groups excluding carboxylic acids is 2. The summed E-state index contributed by atoms with van der Waals surface area (Å²) in [5.74, 6) is -1.09. The Morgan fingerprint density at radius 2 is 2.20 bits per heavy atom. The van der Waals surface area contributed by atoms with Gasteiger partial charge in [-0.05, 0) is 12.8 Å². The molecular weight excluding hydrogens is 199 g/mol. The molecule has 1 fully saturated rings. The van der Waals surface area contributed by atoms with Crippen LogP contribution in [-0.2, 0) is 9.59 Å². The minimum atomic E-state index is -1.51. The summed E-state index contributed by atoms with van der Waals surface area (Å²) < 4.78 is 0. The maximum atomic E-state index is 11.6. The van der Waals surface area contributed by atoms with Crippen molar-refractivity contribution >= 4 is 18.9 Å². The van der Waals surface area contributed by atoms with Gasteiger partial charge in [-0.25, -0.2) is 0 Å². The first-order chi connectivity index (χ1) is 7.02. The summed E-state index contributed by atoms with van der Waals surface area (Å²) in [4.78, 5) is 23.6. The average Bonchev–Trinajstić information content (AvgIpc) is 2.62. The predicted octanol–water partition coefficient (Wildman–Crippen LogP) is -1.87. The zero-order valence-corrected chi connectivity index (χ0v) is 8.64. The molecule has 7 heteroatoms. The fraction of sp³-hybridized carbons (Fsp3) is 0.750. The Morgan fingerprint density at radius 3 is 2.73 bits per heavy atom. The van der Waals surface area contributed by atoms with Gasteiger partial charge in [-0.2, -0.15) is 0 Å². The zero-order valence-electron chi connectivity index (χ0n) is 8.64. The number of nitrogens with zero attached hydrogens (tertiary/aromatic N) is 1. The molecule has 1 saturated heterocycles. The van der Waals surface area contributed by atoms with Crippen molar-refractivity contribution in [1.82, 2.24) is 10.2 Å². The molecule has 1 aliphatic rings. The summed E-state index contributed by atoms with van der Waals surface area (Å²) in [5.41, 5.74) is 0. The highest BCUT2D eigenvalue weighted by molar-refractivity contribution is 6.43. The maximum Gasteiger partial charge on any atom is 0.475 e. The smallest absolute Gasteiger partial charge is 0.426 e. The Balaban J connectivity index is 2.47. The molecule has 15 heavy (non-hydrogen) atoms. The van der Waals surface area contributed by atoms with Gasteiger partial charge in [0.25, 0.3) is 0 Å². The van der Waals surface area contributed by atoms with Crippen LogP contribution in [0.1, 0.15) is 19.8 Å². The zero-order chi connectivity index (χ0) is 11.4. The van der Waals surface area contributed by atoms with Gasteiger partial charge in [0, 0.05) is 13.5 Å². The highest BCUT2D eigenvalue weighted by Crippen LogP contribution is 2.17. The van der Waals surface area contributed by atoms with Crippen LogP contribution in [0.3, 0.4) is 0 Å². The molecule has 0 aliphatic carbocycles. The van der Waals surface area contributed by atoms with Gasteiger partial charge in [0.05, 0.1) is 12.5 Å². The van der Waals surface area contributed by atoms with Crippen LogP contribution >= 0.6 is 0 Å². The van der Waals surface area contributed by atoms with Crippen LogP contribution in [0.2, 0.25) is 0 Å². The second-order valence-corrected chi connectivity index (χ2v) is 3.62. The molecule has 6 nitrogen and oxygen atoms in total. The van der Waals surface area contributed by atoms with E-state index in [1.54, 1.807) is 0 Å². The molecule has 2 amide bonds. The third-order valence-electron chi connectivity index (χ3n) is 2.45. The summed E-state index contributed by atoms with van der Waals surface area (Å²) in [6, 6.07) is 0. The van der Waals surface area contributed by atoms with E-state index in [0.29, 0.717) is 13.0 Å². The molecule has 0 aromatic carbocycles. The van der Waals surface area contributed by atoms with Crippen molar-refractivity contribution in [3.63, 3.8) is 0 Å². The van der Waals surface area contributed by atoms with E-state index >= 15 is 0 Å². The quantitative estimate of drug-likeness (QED) is 0.480. The third-order valence-corrected chi connectivity index (χ3v) is 2.45. The topological polar surface area (TPSA) is 89.9 Å². The fourth-order valence-corrected chi connectivity index (χ4v) is 1.71. The molecular formula is C8H15BN2O4. The average molecular weight is 214 g/mol. The van der Waals surface area contributed by atoms with Gasteiger partial charge in [0.15, 0.2) is 0 Å². The number of carbonyl (C=O) groups is 2. The van der Waals surface area contributed by atoms with Crippen LogP contribution in [0.4, 0.5) is 0 Å². The Morgan fingerprint density at radius 1 is 1.53 bits per heavy atom. The molecule has 0 bridgehead atoms. The summed E-state index contributed by atoms with van der Waals surface area (Å²) >= 11 is 0. The van der Waals surface area contributed by atoms with Crippen LogP contribution in [0.15, 0.2) is 0 Å². The molecule has 1 rings (SSSR count). The van der Waals surface area contributed by atoms with Gasteiger partial charge in [-0.1, -0.05) is 0 Å². The monoisotopic (exact) mass is 214 g/mol. The number of amides is 2. The maximum absolute atomic E-state index is 11.6. The van der Waals surface area contributed by atoms with Gasteiger partial charge in [0.1, 0.15) is 0 Å². The Labute approximate surface area is 88.4 Å². The molecule has 1 unspecified atom stereocenters. The lowest BCUT2D eigenvalue weighted by Crippen LogP contribution is -2.48. The standard InChI is InChI=1S/C8H15BN2O4/c1-6(12)10-5-8(13)11-4-2-3-7(11)9(14)15/h7,14-15H,2-5H2,1H3,(H,10,12). The van der Waals surface area contributed by atoms with Gasteiger partial charge in [-0.15, -0.1) is 0 Å². The van der Waals surface area contributed by atoms with E-state index in [1.807, 2.05) is 0 Å². The van der Waals surface area contributed by atoms with Crippen LogP contribution < -0.4 is 5.32 Å². The van der Waals surface area contributed by atoms with E-state index in [2.05, 4.69) is 5.32 Å². The number of hydrogen-bond acceptors (Lipinski definition) is 4. The fourth-order valence-electron chi connectivity index (χ4n) is 1.71. The lowest BCUT2D eigenvalue weighted by atomic mass is 9.78. The molecule has 0 spiro atoms. The van der Waals surface area contributed by atoms with E-state index in [4.69, 9.17) is 10.0 Å². The van der Waals surface area contributed by atoms with E-state index in [0.717, 1.165) is 6.42 Å². The molecule has 1 heterocycles. The van der Waals surface area contributed by atoms with Crippen molar-refractivity contribution in [3.8, 4) is 0 Å². The van der Waals surface area contributed by atoms with Crippen molar-refractivity contribution in [3.05, 3.63) is 0 Å². The van der Waals surface area contributed by atoms with E-state index in [-0.39, 0.29) is 18.4 Å². The number of nitrogens with one attached hydrogen (secondary N) is 1. The lowest BCUT2D eigenvalue weighted by molar-refractivity contribution is -0.132. The first-order valence-electron chi connectivity index (χ1n) is 4.92. The SMILES string of the molecule is CC(=O)NCC(=O)N1CCCC1B(O)O. The third kappa shape index (κ3) is 3.21. The highest BCUT2D eigenvalue weighted by atomic mass is 16.4. The predicted molar refractivity (Wildman–Crippen MR) is 53.6 cm³/mol. The molecule has 0 aromatic heterocycles. The molecule has 1 atom stereocenters. The largest absolute Gasteiger partial charge is 0.475 e. The van der Waals surface area contributed by atoms with Crippen LogP contribution in [-0.4, -0.2) is 52.9 Å². The summed E-state index contributed by atoms with van der Waals surface area (Å²) in [5, 5.41) is 20.4. The Kier molecular flexibility index (Phi) is 4.10. The van der Waals surface area contributed by atoms with Crippen molar-refractivity contribution in [1.29, 1.82) is 0 Å². The first-order valence-corrected chi connectivity index (χ1v) is 4.92. The normalized spacial score (nSPS) is 20.2. The van der Waals surface area contributed by atoms with Crippen LogP contribution in [0.25, 0.3) is 0 Å². The molecule has 84 valence electrons. The minimum absolute atomic E-state index is 0.0848. The number of hydrogen-bond donors (Lipinski definition) is 3. The van der Waals surface area contributed by atoms with Gasteiger partial charge < -0.3 is 20.3 Å². The van der Waals surface area contributed by atoms with E-state index in [1.165, 1.54) is 11.8 Å². The van der Waals surface area contributed by atoms with Crippen molar-refractivity contribution in [2.45, 2.75) is 25.7 Å². The van der Waals surface area contributed by atoms with Crippen LogP contribution in [0, 0.1) is 0 Å². The Bertz CT molecular complexity index is 259. The molecule has 1 aliphatic heterocycles. The highest BCUT2D eigenvalue weighted by Gasteiger charge is 2.36. The number of rotatable bonds is 3. The Hall–Kier alpha value is -1.08. The van der Waals surface area contributed by atoms with Gasteiger partial charge >= 0.3 is 7.12 Å². The minimum Gasteiger partial charge on any atom is -0.426 e. The summed E-state index contributed by atoms with van der Waals surface area (Å²) in [7, 11) is -1.51. The molecule has 0 saturated carbocycles. The van der Waals surface area contributed by atoms with Gasteiger partial charge in [-0.3, -0.25) is 9.59 Å². The number of likely N-dealkylation sites (tertiary alicyclic amines) is 1. The van der Waals surface area contributed by atoms with E-state index in [9.17, 15) is 9.59 Å². The lowest BCUT2D eigenvalue weighted by Gasteiger charge is -2.23. The molecule has 0 aromatic rings. The van der Waals surface area contributed by atoms with Gasteiger partial charge in [0.2, 0.25) is 11.8 Å². The molecule has 3 N–H and O–H groups in total. The second kappa shape index (κ2) is 5.13. The first kappa shape index (κ1) is 12.0. The molecule has 0 radical (unpaired) electrons. The van der Waals surface area contributed by atoms with Crippen molar-refractivity contribution in [2.24, 2.45) is 0 Å². The van der Waals surface area contributed by atoms with E-state index < -0.39 is 13.1 Å². The second-order valence-electron chi connectivity index (χ2n) is 3.62. The van der Waals surface area contributed by atoms with Crippen molar-refractivity contribution in [2.75, 3.05) is 13.1 Å². The summed E-state index contributed by atoms with van der Waals surface area (Å²) in [6.45, 7) is 1.76.